The predicted octanol–water partition coefficient (Wildman–Crippen LogP) is 0.655. The van der Waals surface area contributed by atoms with Crippen LogP contribution in [0.3, 0.4) is 0 Å². The van der Waals surface area contributed by atoms with Gasteiger partial charge in [-0.05, 0) is 27.2 Å². The smallest absolute Gasteiger partial charge is 0.410 e. The summed E-state index contributed by atoms with van der Waals surface area (Å²) in [6.07, 6.45) is -0.0628. The van der Waals surface area contributed by atoms with Gasteiger partial charge in [-0.2, -0.15) is 0 Å². The third kappa shape index (κ3) is 3.89. The van der Waals surface area contributed by atoms with Gasteiger partial charge in [0, 0.05) is 19.1 Å². The summed E-state index contributed by atoms with van der Waals surface area (Å²) in [7, 11) is 0. The normalized spacial score (nSPS) is 25.5. The van der Waals surface area contributed by atoms with Crippen LogP contribution in [0.25, 0.3) is 0 Å². The van der Waals surface area contributed by atoms with Crippen LogP contribution in [0.2, 0.25) is 0 Å². The Morgan fingerprint density at radius 1 is 1.41 bits per heavy atom. The molecule has 1 fully saturated rings. The highest BCUT2D eigenvalue weighted by atomic mass is 16.6. The van der Waals surface area contributed by atoms with Crippen molar-refractivity contribution in [3.8, 4) is 0 Å². The first-order valence-corrected chi connectivity index (χ1v) is 5.67. The minimum Gasteiger partial charge on any atom is -0.481 e. The molecule has 6 nitrogen and oxygen atoms in total. The molecule has 0 aromatic rings. The number of amides is 1. The van der Waals surface area contributed by atoms with E-state index in [1.807, 2.05) is 0 Å². The van der Waals surface area contributed by atoms with Crippen LogP contribution in [0, 0.1) is 5.92 Å². The van der Waals surface area contributed by atoms with E-state index in [2.05, 4.69) is 0 Å². The summed E-state index contributed by atoms with van der Waals surface area (Å²) in [6, 6.07) is -0.534. The molecule has 1 rings (SSSR count). The van der Waals surface area contributed by atoms with Gasteiger partial charge in [0.1, 0.15) is 5.60 Å². The minimum absolute atomic E-state index is 0.228. The van der Waals surface area contributed by atoms with E-state index in [1.165, 1.54) is 4.90 Å². The fraction of sp³-hybridized carbons (Fsp3) is 0.818. The Hall–Kier alpha value is -1.30. The molecule has 2 atom stereocenters. The summed E-state index contributed by atoms with van der Waals surface area (Å²) >= 11 is 0. The number of carboxylic acid groups (broad SMARTS) is 1. The van der Waals surface area contributed by atoms with Crippen molar-refractivity contribution in [1.82, 2.24) is 4.90 Å². The van der Waals surface area contributed by atoms with E-state index < -0.39 is 29.6 Å². The second kappa shape index (κ2) is 4.91. The number of piperidine rings is 1. The highest BCUT2D eigenvalue weighted by Gasteiger charge is 2.35. The summed E-state index contributed by atoms with van der Waals surface area (Å²) in [5.41, 5.74) is 5.19. The first-order valence-electron chi connectivity index (χ1n) is 5.67. The quantitative estimate of drug-likeness (QED) is 0.706. The molecule has 1 heterocycles. The number of hydrogen-bond donors (Lipinski definition) is 2. The number of carbonyl (C=O) groups excluding carboxylic acids is 1. The topological polar surface area (TPSA) is 92.9 Å². The van der Waals surface area contributed by atoms with Crippen molar-refractivity contribution >= 4 is 12.1 Å². The lowest BCUT2D eigenvalue weighted by Gasteiger charge is -2.35. The number of ether oxygens (including phenoxy) is 1. The van der Waals surface area contributed by atoms with Crippen molar-refractivity contribution in [1.29, 1.82) is 0 Å². The molecular formula is C11H20N2O4. The van der Waals surface area contributed by atoms with Crippen LogP contribution in [0.1, 0.15) is 27.2 Å². The van der Waals surface area contributed by atoms with Crippen LogP contribution in [-0.4, -0.2) is 46.8 Å². The number of likely N-dealkylation sites (tertiary alicyclic amines) is 1. The molecule has 0 radical (unpaired) electrons. The number of rotatable bonds is 1. The van der Waals surface area contributed by atoms with Gasteiger partial charge in [0.15, 0.2) is 0 Å². The summed E-state index contributed by atoms with van der Waals surface area (Å²) < 4.78 is 5.21. The molecule has 0 unspecified atom stereocenters. The maximum absolute atomic E-state index is 11.7. The molecule has 17 heavy (non-hydrogen) atoms. The van der Waals surface area contributed by atoms with Gasteiger partial charge in [-0.3, -0.25) is 4.79 Å². The van der Waals surface area contributed by atoms with Crippen molar-refractivity contribution in [3.05, 3.63) is 0 Å². The van der Waals surface area contributed by atoms with E-state index in [4.69, 9.17) is 15.6 Å². The van der Waals surface area contributed by atoms with Crippen molar-refractivity contribution in [2.45, 2.75) is 38.8 Å². The number of nitrogens with two attached hydrogens (primary N) is 1. The molecule has 1 amide bonds. The number of carboxylic acids is 1. The zero-order chi connectivity index (χ0) is 13.2. The van der Waals surface area contributed by atoms with Gasteiger partial charge in [0.2, 0.25) is 0 Å². The van der Waals surface area contributed by atoms with Crippen LogP contribution in [0.15, 0.2) is 0 Å². The zero-order valence-corrected chi connectivity index (χ0v) is 10.5. The summed E-state index contributed by atoms with van der Waals surface area (Å²) in [5, 5.41) is 8.91. The molecule has 98 valence electrons. The van der Waals surface area contributed by atoms with Crippen LogP contribution >= 0.6 is 0 Å². The number of nitrogens with zero attached hydrogens (tertiary/aromatic N) is 1. The molecule has 1 aliphatic heterocycles. The third-order valence-corrected chi connectivity index (χ3v) is 2.63. The van der Waals surface area contributed by atoms with Crippen molar-refractivity contribution in [2.75, 3.05) is 13.1 Å². The molecule has 6 heteroatoms. The van der Waals surface area contributed by atoms with E-state index in [-0.39, 0.29) is 6.54 Å². The van der Waals surface area contributed by atoms with E-state index in [1.54, 1.807) is 20.8 Å². The van der Waals surface area contributed by atoms with E-state index >= 15 is 0 Å². The molecular weight excluding hydrogens is 224 g/mol. The lowest BCUT2D eigenvalue weighted by atomic mass is 9.93. The van der Waals surface area contributed by atoms with Gasteiger partial charge < -0.3 is 20.5 Å². The minimum atomic E-state index is -0.902. The van der Waals surface area contributed by atoms with Crippen LogP contribution in [-0.2, 0) is 9.53 Å². The van der Waals surface area contributed by atoms with E-state index in [0.29, 0.717) is 13.0 Å². The average molecular weight is 244 g/mol. The van der Waals surface area contributed by atoms with Crippen LogP contribution < -0.4 is 5.73 Å². The molecule has 0 bridgehead atoms. The molecule has 0 aromatic heterocycles. The highest BCUT2D eigenvalue weighted by molar-refractivity contribution is 5.72. The number of hydrogen-bond acceptors (Lipinski definition) is 4. The van der Waals surface area contributed by atoms with Gasteiger partial charge >= 0.3 is 12.1 Å². The molecule has 0 saturated carbocycles. The van der Waals surface area contributed by atoms with Crippen LogP contribution in [0.4, 0.5) is 4.79 Å². The zero-order valence-electron chi connectivity index (χ0n) is 10.5. The summed E-state index contributed by atoms with van der Waals surface area (Å²) in [5.74, 6) is -1.48. The molecule has 0 spiro atoms. The SMILES string of the molecule is CC(C)(C)OC(=O)N1CC[C@H](C(=O)O)[C@@H](N)C1. The second-order valence-corrected chi connectivity index (χ2v) is 5.32. The predicted molar refractivity (Wildman–Crippen MR) is 61.5 cm³/mol. The molecule has 1 saturated heterocycles. The van der Waals surface area contributed by atoms with Gasteiger partial charge in [-0.1, -0.05) is 0 Å². The first-order chi connectivity index (χ1) is 7.70. The molecule has 3 N–H and O–H groups in total. The fourth-order valence-corrected chi connectivity index (χ4v) is 1.78. The lowest BCUT2D eigenvalue weighted by Crippen LogP contribution is -2.53. The maximum atomic E-state index is 11.7. The summed E-state index contributed by atoms with van der Waals surface area (Å²) in [6.45, 7) is 5.96. The Balaban J connectivity index is 2.55. The molecule has 0 aromatic carbocycles. The first kappa shape index (κ1) is 13.8. The molecule has 1 aliphatic rings. The van der Waals surface area contributed by atoms with E-state index in [0.717, 1.165) is 0 Å². The Morgan fingerprint density at radius 3 is 2.41 bits per heavy atom. The Labute approximate surface area is 101 Å². The third-order valence-electron chi connectivity index (χ3n) is 2.63. The largest absolute Gasteiger partial charge is 0.481 e. The van der Waals surface area contributed by atoms with Gasteiger partial charge in [0.05, 0.1) is 5.92 Å². The van der Waals surface area contributed by atoms with Gasteiger partial charge in [-0.25, -0.2) is 4.79 Å². The van der Waals surface area contributed by atoms with Gasteiger partial charge in [-0.15, -0.1) is 0 Å². The van der Waals surface area contributed by atoms with Crippen molar-refractivity contribution in [3.63, 3.8) is 0 Å². The van der Waals surface area contributed by atoms with E-state index in [9.17, 15) is 9.59 Å². The Kier molecular flexibility index (Phi) is 3.98. The van der Waals surface area contributed by atoms with Crippen molar-refractivity contribution < 1.29 is 19.4 Å². The average Bonchev–Trinajstić information content (AvgIpc) is 2.14. The lowest BCUT2D eigenvalue weighted by molar-refractivity contribution is -0.144. The summed E-state index contributed by atoms with van der Waals surface area (Å²) in [4.78, 5) is 24.1. The van der Waals surface area contributed by atoms with Crippen LogP contribution in [0.5, 0.6) is 0 Å². The maximum Gasteiger partial charge on any atom is 0.410 e. The molecule has 0 aliphatic carbocycles. The second-order valence-electron chi connectivity index (χ2n) is 5.32. The Bertz CT molecular complexity index is 311. The number of carbonyl (C=O) groups is 2. The van der Waals surface area contributed by atoms with Gasteiger partial charge in [0.25, 0.3) is 0 Å². The monoisotopic (exact) mass is 244 g/mol. The highest BCUT2D eigenvalue weighted by Crippen LogP contribution is 2.19. The standard InChI is InChI=1S/C11H20N2O4/c1-11(2,3)17-10(16)13-5-4-7(9(14)15)8(12)6-13/h7-8H,4-6,12H2,1-3H3,(H,14,15)/t7-,8-/m0/s1. The number of aliphatic carboxylic acids is 1. The van der Waals surface area contributed by atoms with Crippen molar-refractivity contribution in [2.24, 2.45) is 11.7 Å². The Morgan fingerprint density at radius 2 is 2.00 bits per heavy atom. The fourth-order valence-electron chi connectivity index (χ4n) is 1.78.